The molecule has 0 aliphatic rings. The molecule has 2 aromatic heterocycles. The first-order valence-electron chi connectivity index (χ1n) is 9.61. The minimum absolute atomic E-state index is 0.0756. The fourth-order valence-electron chi connectivity index (χ4n) is 3.15. The number of nitrogens with zero attached hydrogens (tertiary/aromatic N) is 2. The molecule has 156 valence electrons. The van der Waals surface area contributed by atoms with E-state index in [2.05, 4.69) is 4.98 Å². The molecule has 0 bridgehead atoms. The van der Waals surface area contributed by atoms with Gasteiger partial charge in [-0.2, -0.15) is 0 Å². The Kier molecular flexibility index (Phi) is 6.95. The van der Waals surface area contributed by atoms with Crippen molar-refractivity contribution in [3.63, 3.8) is 0 Å². The first kappa shape index (κ1) is 21.6. The summed E-state index contributed by atoms with van der Waals surface area (Å²) in [6, 6.07) is 13.4. The van der Waals surface area contributed by atoms with Gasteiger partial charge in [-0.05, 0) is 49.6 Å². The third-order valence-corrected chi connectivity index (χ3v) is 6.00. The van der Waals surface area contributed by atoms with Crippen molar-refractivity contribution < 1.29 is 14.0 Å². The standard InChI is InChI=1S/C23H25N3O3S/c1-15-16(2)21(22(24)28)23(25-17(15)3)30-14-20(27)26(13-19-10-7-11-29-19)12-18-8-5-4-6-9-18/h4-11H,12-14H2,1-3H3,(H2,24,28). The van der Waals surface area contributed by atoms with Crippen molar-refractivity contribution in [2.75, 3.05) is 5.75 Å². The fraction of sp³-hybridized carbons (Fsp3) is 0.261. The SMILES string of the molecule is Cc1nc(SCC(=O)N(Cc2ccccc2)Cc2ccco2)c(C(N)=O)c(C)c1C. The van der Waals surface area contributed by atoms with Crippen LogP contribution >= 0.6 is 11.8 Å². The van der Waals surface area contributed by atoms with E-state index in [0.29, 0.717) is 29.4 Å². The Morgan fingerprint density at radius 1 is 1.03 bits per heavy atom. The number of amides is 2. The number of primary amides is 1. The van der Waals surface area contributed by atoms with Gasteiger partial charge >= 0.3 is 0 Å². The van der Waals surface area contributed by atoms with Crippen molar-refractivity contribution in [2.24, 2.45) is 5.73 Å². The van der Waals surface area contributed by atoms with E-state index < -0.39 is 5.91 Å². The summed E-state index contributed by atoms with van der Waals surface area (Å²) < 4.78 is 5.44. The lowest BCUT2D eigenvalue weighted by Crippen LogP contribution is -2.31. The van der Waals surface area contributed by atoms with Gasteiger partial charge in [0.2, 0.25) is 5.91 Å². The van der Waals surface area contributed by atoms with Crippen molar-refractivity contribution >= 4 is 23.6 Å². The van der Waals surface area contributed by atoms with Crippen LogP contribution in [0.25, 0.3) is 0 Å². The third-order valence-electron chi connectivity index (χ3n) is 5.04. The average molecular weight is 424 g/mol. The lowest BCUT2D eigenvalue weighted by molar-refractivity contribution is -0.129. The summed E-state index contributed by atoms with van der Waals surface area (Å²) in [5.74, 6) is 0.244. The molecule has 2 N–H and O–H groups in total. The average Bonchev–Trinajstić information content (AvgIpc) is 3.23. The van der Waals surface area contributed by atoms with Crippen LogP contribution in [0.2, 0.25) is 0 Å². The molecule has 2 amide bonds. The number of aryl methyl sites for hydroxylation is 1. The first-order chi connectivity index (χ1) is 14.4. The summed E-state index contributed by atoms with van der Waals surface area (Å²) in [4.78, 5) is 31.3. The number of hydrogen-bond donors (Lipinski definition) is 1. The van der Waals surface area contributed by atoms with Gasteiger partial charge in [0.25, 0.3) is 5.91 Å². The van der Waals surface area contributed by atoms with E-state index in [1.807, 2.05) is 57.2 Å². The largest absolute Gasteiger partial charge is 0.467 e. The van der Waals surface area contributed by atoms with Gasteiger partial charge < -0.3 is 15.1 Å². The smallest absolute Gasteiger partial charge is 0.251 e. The molecule has 0 radical (unpaired) electrons. The Bertz CT molecular complexity index is 1030. The van der Waals surface area contributed by atoms with Gasteiger partial charge in [0.1, 0.15) is 10.8 Å². The number of benzene rings is 1. The highest BCUT2D eigenvalue weighted by Crippen LogP contribution is 2.27. The molecular formula is C23H25N3O3S. The zero-order chi connectivity index (χ0) is 21.7. The van der Waals surface area contributed by atoms with Crippen molar-refractivity contribution in [1.82, 2.24) is 9.88 Å². The second-order valence-corrected chi connectivity index (χ2v) is 8.06. The Labute approximate surface area is 180 Å². The van der Waals surface area contributed by atoms with Gasteiger partial charge in [-0.25, -0.2) is 4.98 Å². The highest BCUT2D eigenvalue weighted by atomic mass is 32.2. The summed E-state index contributed by atoms with van der Waals surface area (Å²) in [6.07, 6.45) is 1.59. The number of hydrogen-bond acceptors (Lipinski definition) is 5. The zero-order valence-electron chi connectivity index (χ0n) is 17.3. The topological polar surface area (TPSA) is 89.4 Å². The first-order valence-corrected chi connectivity index (χ1v) is 10.6. The summed E-state index contributed by atoms with van der Waals surface area (Å²) in [5.41, 5.74) is 9.57. The molecule has 0 atom stereocenters. The fourth-order valence-corrected chi connectivity index (χ4v) is 4.20. The van der Waals surface area contributed by atoms with E-state index in [4.69, 9.17) is 10.2 Å². The predicted octanol–water partition coefficient (Wildman–Crippen LogP) is 4.02. The van der Waals surface area contributed by atoms with Crippen LogP contribution in [0.4, 0.5) is 0 Å². The quantitative estimate of drug-likeness (QED) is 0.553. The Balaban J connectivity index is 1.80. The molecule has 0 spiro atoms. The zero-order valence-corrected chi connectivity index (χ0v) is 18.2. The molecule has 0 aliphatic heterocycles. The van der Waals surface area contributed by atoms with Crippen molar-refractivity contribution in [1.29, 1.82) is 0 Å². The lowest BCUT2D eigenvalue weighted by Gasteiger charge is -2.22. The second kappa shape index (κ2) is 9.63. The molecule has 0 aliphatic carbocycles. The van der Waals surface area contributed by atoms with Gasteiger partial charge in [0, 0.05) is 12.2 Å². The number of carbonyl (C=O) groups is 2. The van der Waals surface area contributed by atoms with Crippen molar-refractivity contribution in [3.05, 3.63) is 82.4 Å². The molecular weight excluding hydrogens is 398 g/mol. The maximum absolute atomic E-state index is 13.1. The normalized spacial score (nSPS) is 10.8. The van der Waals surface area contributed by atoms with Crippen LogP contribution in [0.3, 0.4) is 0 Å². The third kappa shape index (κ3) is 5.10. The Hall–Kier alpha value is -3.06. The molecule has 2 heterocycles. The molecule has 0 saturated heterocycles. The molecule has 30 heavy (non-hydrogen) atoms. The molecule has 0 unspecified atom stereocenters. The number of carbonyl (C=O) groups excluding carboxylic acids is 2. The van der Waals surface area contributed by atoms with Crippen LogP contribution in [0.5, 0.6) is 0 Å². The summed E-state index contributed by atoms with van der Waals surface area (Å²) in [6.45, 7) is 6.48. The number of pyridine rings is 1. The van der Waals surface area contributed by atoms with Crippen molar-refractivity contribution in [2.45, 2.75) is 38.9 Å². The summed E-state index contributed by atoms with van der Waals surface area (Å²) in [7, 11) is 0. The Morgan fingerprint density at radius 3 is 2.40 bits per heavy atom. The molecule has 1 aromatic carbocycles. The van der Waals surface area contributed by atoms with E-state index in [0.717, 1.165) is 22.4 Å². The summed E-state index contributed by atoms with van der Waals surface area (Å²) >= 11 is 1.24. The van der Waals surface area contributed by atoms with Crippen LogP contribution in [0.15, 0.2) is 58.2 Å². The molecule has 3 rings (SSSR count). The van der Waals surface area contributed by atoms with E-state index in [1.54, 1.807) is 17.2 Å². The van der Waals surface area contributed by atoms with Crippen LogP contribution in [0.1, 0.15) is 38.5 Å². The highest BCUT2D eigenvalue weighted by Gasteiger charge is 2.21. The lowest BCUT2D eigenvalue weighted by atomic mass is 10.0. The van der Waals surface area contributed by atoms with Crippen LogP contribution in [-0.2, 0) is 17.9 Å². The molecule has 7 heteroatoms. The number of furan rings is 1. The molecule has 3 aromatic rings. The van der Waals surface area contributed by atoms with Crippen LogP contribution < -0.4 is 5.73 Å². The van der Waals surface area contributed by atoms with Crippen LogP contribution in [0, 0.1) is 20.8 Å². The summed E-state index contributed by atoms with van der Waals surface area (Å²) in [5, 5.41) is 0.495. The molecule has 0 fully saturated rings. The van der Waals surface area contributed by atoms with Crippen molar-refractivity contribution in [3.8, 4) is 0 Å². The van der Waals surface area contributed by atoms with Gasteiger partial charge in [-0.3, -0.25) is 9.59 Å². The minimum atomic E-state index is -0.533. The monoisotopic (exact) mass is 423 g/mol. The van der Waals surface area contributed by atoms with Gasteiger partial charge in [0.05, 0.1) is 24.1 Å². The van der Waals surface area contributed by atoms with E-state index in [-0.39, 0.29) is 11.7 Å². The molecule has 0 saturated carbocycles. The van der Waals surface area contributed by atoms with Gasteiger partial charge in [-0.15, -0.1) is 0 Å². The van der Waals surface area contributed by atoms with Gasteiger partial charge in [-0.1, -0.05) is 42.1 Å². The maximum atomic E-state index is 13.1. The number of nitrogens with two attached hydrogens (primary N) is 1. The minimum Gasteiger partial charge on any atom is -0.467 e. The predicted molar refractivity (Wildman–Crippen MR) is 117 cm³/mol. The Morgan fingerprint density at radius 2 is 1.77 bits per heavy atom. The highest BCUT2D eigenvalue weighted by molar-refractivity contribution is 8.00. The number of aromatic nitrogens is 1. The second-order valence-electron chi connectivity index (χ2n) is 7.10. The molecule has 6 nitrogen and oxygen atoms in total. The van der Waals surface area contributed by atoms with Crippen LogP contribution in [-0.4, -0.2) is 27.5 Å². The maximum Gasteiger partial charge on any atom is 0.251 e. The van der Waals surface area contributed by atoms with Gasteiger partial charge in [0.15, 0.2) is 0 Å². The van der Waals surface area contributed by atoms with E-state index in [9.17, 15) is 9.59 Å². The van der Waals surface area contributed by atoms with E-state index in [1.165, 1.54) is 11.8 Å². The number of thioether (sulfide) groups is 1. The number of rotatable bonds is 8. The van der Waals surface area contributed by atoms with E-state index >= 15 is 0 Å².